The first-order chi connectivity index (χ1) is 18.2. The van der Waals surface area contributed by atoms with Crippen LogP contribution in [-0.4, -0.2) is 37.1 Å². The largest absolute Gasteiger partial charge is 0.492 e. The van der Waals surface area contributed by atoms with E-state index in [2.05, 4.69) is 15.4 Å². The minimum absolute atomic E-state index is 0.139. The van der Waals surface area contributed by atoms with Gasteiger partial charge < -0.3 is 10.1 Å². The third kappa shape index (κ3) is 5.79. The molecule has 0 spiro atoms. The van der Waals surface area contributed by atoms with E-state index in [1.807, 2.05) is 79.0 Å². The first-order valence-corrected chi connectivity index (χ1v) is 11.8. The number of amides is 1. The fraction of sp³-hybridized carbons (Fsp3) is 0.107. The van der Waals surface area contributed by atoms with Gasteiger partial charge in [0, 0.05) is 42.3 Å². The zero-order valence-corrected chi connectivity index (χ0v) is 19.9. The number of nitrogens with zero attached hydrogens (tertiary/aromatic N) is 5. The third-order valence-electron chi connectivity index (χ3n) is 5.62. The average Bonchev–Trinajstić information content (AvgIpc) is 3.39. The summed E-state index contributed by atoms with van der Waals surface area (Å²) in [7, 11) is 0. The minimum atomic E-state index is -0.397. The maximum Gasteiger partial charge on any atom is 0.271 e. The molecule has 1 amide bonds. The van der Waals surface area contributed by atoms with Crippen molar-refractivity contribution in [3.63, 3.8) is 0 Å². The average molecular weight is 493 g/mol. The second-order valence-corrected chi connectivity index (χ2v) is 8.14. The maximum atomic E-state index is 12.9. The molecular formula is C28H24N6O3. The lowest BCUT2D eigenvalue weighted by Crippen LogP contribution is -2.30. The maximum absolute atomic E-state index is 12.9. The van der Waals surface area contributed by atoms with E-state index in [-0.39, 0.29) is 30.9 Å². The van der Waals surface area contributed by atoms with Gasteiger partial charge in [0.25, 0.3) is 11.5 Å². The SMILES string of the molecule is O=C(NCc1cn(-c2ccccc2)nc1-c1ccncc1)c1ccc(=O)n(CCOc2ccccc2)n1. The molecule has 37 heavy (non-hydrogen) atoms. The summed E-state index contributed by atoms with van der Waals surface area (Å²) < 4.78 is 8.66. The Morgan fingerprint density at radius 1 is 0.865 bits per heavy atom. The van der Waals surface area contributed by atoms with Crippen molar-refractivity contribution in [1.29, 1.82) is 0 Å². The molecule has 0 aliphatic heterocycles. The van der Waals surface area contributed by atoms with Crippen LogP contribution in [0.15, 0.2) is 108 Å². The summed E-state index contributed by atoms with van der Waals surface area (Å²) in [5.41, 5.74) is 3.19. The summed E-state index contributed by atoms with van der Waals surface area (Å²) in [5, 5.41) is 11.9. The highest BCUT2D eigenvalue weighted by molar-refractivity contribution is 5.92. The van der Waals surface area contributed by atoms with E-state index in [9.17, 15) is 9.59 Å². The summed E-state index contributed by atoms with van der Waals surface area (Å²) in [6, 6.07) is 25.5. The standard InChI is InChI=1S/C28H24N6O3/c35-26-12-11-25(31-33(26)17-18-37-24-9-5-2-6-10-24)28(36)30-19-22-20-34(23-7-3-1-4-8-23)32-27(22)21-13-15-29-16-14-21/h1-16,20H,17-19H2,(H,30,36). The van der Waals surface area contributed by atoms with Crippen molar-refractivity contribution in [2.75, 3.05) is 6.61 Å². The van der Waals surface area contributed by atoms with Crippen molar-refractivity contribution < 1.29 is 9.53 Å². The van der Waals surface area contributed by atoms with Gasteiger partial charge in [0.15, 0.2) is 0 Å². The Kier molecular flexibility index (Phi) is 7.12. The topological polar surface area (TPSA) is 104 Å². The molecule has 3 heterocycles. The lowest BCUT2D eigenvalue weighted by atomic mass is 10.1. The minimum Gasteiger partial charge on any atom is -0.492 e. The molecule has 5 rings (SSSR count). The quantitative estimate of drug-likeness (QED) is 0.338. The highest BCUT2D eigenvalue weighted by atomic mass is 16.5. The summed E-state index contributed by atoms with van der Waals surface area (Å²) in [6.07, 6.45) is 5.29. The summed E-state index contributed by atoms with van der Waals surface area (Å²) in [5.74, 6) is 0.302. The smallest absolute Gasteiger partial charge is 0.271 e. The van der Waals surface area contributed by atoms with Gasteiger partial charge in [-0.2, -0.15) is 10.2 Å². The number of carbonyl (C=O) groups is 1. The molecule has 0 aliphatic rings. The number of ether oxygens (including phenoxy) is 1. The van der Waals surface area contributed by atoms with Crippen LogP contribution in [0.2, 0.25) is 0 Å². The van der Waals surface area contributed by atoms with E-state index in [0.717, 1.165) is 22.5 Å². The van der Waals surface area contributed by atoms with Crippen LogP contribution < -0.4 is 15.6 Å². The summed E-state index contributed by atoms with van der Waals surface area (Å²) in [6.45, 7) is 0.683. The molecule has 0 unspecified atom stereocenters. The molecule has 0 atom stereocenters. The highest BCUT2D eigenvalue weighted by Gasteiger charge is 2.15. The number of hydrogen-bond donors (Lipinski definition) is 1. The number of carbonyl (C=O) groups excluding carboxylic acids is 1. The Balaban J connectivity index is 1.30. The van der Waals surface area contributed by atoms with Crippen molar-refractivity contribution in [3.8, 4) is 22.7 Å². The first-order valence-electron chi connectivity index (χ1n) is 11.8. The number of para-hydroxylation sites is 2. The molecule has 0 aliphatic carbocycles. The van der Waals surface area contributed by atoms with Crippen molar-refractivity contribution in [3.05, 3.63) is 125 Å². The van der Waals surface area contributed by atoms with Crippen molar-refractivity contribution >= 4 is 5.91 Å². The van der Waals surface area contributed by atoms with Gasteiger partial charge >= 0.3 is 0 Å². The Bertz CT molecular complexity index is 1530. The zero-order chi connectivity index (χ0) is 25.5. The molecule has 0 saturated carbocycles. The second kappa shape index (κ2) is 11.1. The van der Waals surface area contributed by atoms with Crippen LogP contribution >= 0.6 is 0 Å². The van der Waals surface area contributed by atoms with E-state index in [1.165, 1.54) is 16.8 Å². The van der Waals surface area contributed by atoms with Gasteiger partial charge in [0.2, 0.25) is 0 Å². The van der Waals surface area contributed by atoms with Crippen LogP contribution in [0.4, 0.5) is 0 Å². The van der Waals surface area contributed by atoms with Crippen molar-refractivity contribution in [2.24, 2.45) is 0 Å². The van der Waals surface area contributed by atoms with Gasteiger partial charge in [0.1, 0.15) is 18.1 Å². The molecule has 0 radical (unpaired) electrons. The molecular weight excluding hydrogens is 468 g/mol. The predicted molar refractivity (Wildman–Crippen MR) is 138 cm³/mol. The number of benzene rings is 2. The van der Waals surface area contributed by atoms with Gasteiger partial charge in [-0.3, -0.25) is 14.6 Å². The Morgan fingerprint density at radius 3 is 2.35 bits per heavy atom. The number of nitrogens with one attached hydrogen (secondary N) is 1. The van der Waals surface area contributed by atoms with Crippen LogP contribution in [0.1, 0.15) is 16.1 Å². The molecule has 9 nitrogen and oxygen atoms in total. The predicted octanol–water partition coefficient (Wildman–Crippen LogP) is 3.50. The van der Waals surface area contributed by atoms with Crippen molar-refractivity contribution in [1.82, 2.24) is 29.9 Å². The Labute approximate surface area is 213 Å². The van der Waals surface area contributed by atoms with Crippen LogP contribution in [0.3, 0.4) is 0 Å². The van der Waals surface area contributed by atoms with E-state index in [1.54, 1.807) is 17.1 Å². The van der Waals surface area contributed by atoms with E-state index in [0.29, 0.717) is 5.75 Å². The van der Waals surface area contributed by atoms with E-state index < -0.39 is 5.91 Å². The molecule has 0 saturated heterocycles. The Morgan fingerprint density at radius 2 is 1.59 bits per heavy atom. The van der Waals surface area contributed by atoms with Gasteiger partial charge in [0.05, 0.1) is 17.9 Å². The molecule has 184 valence electrons. The number of aromatic nitrogens is 5. The van der Waals surface area contributed by atoms with Crippen LogP contribution in [0.25, 0.3) is 16.9 Å². The first kappa shape index (κ1) is 23.7. The number of hydrogen-bond acceptors (Lipinski definition) is 6. The van der Waals surface area contributed by atoms with E-state index in [4.69, 9.17) is 9.84 Å². The van der Waals surface area contributed by atoms with Gasteiger partial charge in [-0.15, -0.1) is 0 Å². The second-order valence-electron chi connectivity index (χ2n) is 8.14. The lowest BCUT2D eigenvalue weighted by molar-refractivity contribution is 0.0943. The highest BCUT2D eigenvalue weighted by Crippen LogP contribution is 2.23. The molecule has 1 N–H and O–H groups in total. The van der Waals surface area contributed by atoms with Gasteiger partial charge in [-0.25, -0.2) is 9.36 Å². The molecule has 9 heteroatoms. The molecule has 5 aromatic rings. The fourth-order valence-corrected chi connectivity index (χ4v) is 3.77. The third-order valence-corrected chi connectivity index (χ3v) is 5.62. The normalized spacial score (nSPS) is 10.7. The zero-order valence-electron chi connectivity index (χ0n) is 19.9. The fourth-order valence-electron chi connectivity index (χ4n) is 3.77. The summed E-state index contributed by atoms with van der Waals surface area (Å²) >= 11 is 0. The summed E-state index contributed by atoms with van der Waals surface area (Å²) in [4.78, 5) is 29.3. The molecule has 2 aromatic carbocycles. The van der Waals surface area contributed by atoms with Crippen LogP contribution in [0, 0.1) is 0 Å². The number of pyridine rings is 1. The van der Waals surface area contributed by atoms with Crippen LogP contribution in [-0.2, 0) is 13.1 Å². The van der Waals surface area contributed by atoms with Gasteiger partial charge in [-0.05, 0) is 42.5 Å². The molecule has 0 fully saturated rings. The van der Waals surface area contributed by atoms with E-state index >= 15 is 0 Å². The lowest BCUT2D eigenvalue weighted by Gasteiger charge is -2.09. The molecule has 0 bridgehead atoms. The number of rotatable bonds is 9. The molecule has 3 aromatic heterocycles. The Hall–Kier alpha value is -5.05. The van der Waals surface area contributed by atoms with Crippen molar-refractivity contribution in [2.45, 2.75) is 13.1 Å². The van der Waals surface area contributed by atoms with Gasteiger partial charge in [-0.1, -0.05) is 36.4 Å². The van der Waals surface area contributed by atoms with Crippen LogP contribution in [0.5, 0.6) is 5.75 Å². The monoisotopic (exact) mass is 492 g/mol.